The van der Waals surface area contributed by atoms with E-state index in [9.17, 15) is 18.0 Å². The van der Waals surface area contributed by atoms with Crippen LogP contribution in [-0.2, 0) is 12.7 Å². The van der Waals surface area contributed by atoms with E-state index in [-0.39, 0.29) is 23.4 Å². The Hall–Kier alpha value is -4.42. The zero-order valence-corrected chi connectivity index (χ0v) is 23.2. The fourth-order valence-electron chi connectivity index (χ4n) is 4.03. The average Bonchev–Trinajstić information content (AvgIpc) is 2.94. The Morgan fingerprint density at radius 3 is 2.44 bits per heavy atom. The van der Waals surface area contributed by atoms with Crippen LogP contribution in [0, 0.1) is 6.92 Å². The quantitative estimate of drug-likeness (QED) is 0.270. The Balaban J connectivity index is 1.51. The van der Waals surface area contributed by atoms with Crippen molar-refractivity contribution < 1.29 is 18.0 Å². The summed E-state index contributed by atoms with van der Waals surface area (Å²) < 4.78 is 41.8. The molecule has 4 aromatic rings. The van der Waals surface area contributed by atoms with Crippen LogP contribution >= 0.6 is 0 Å². The molecule has 0 aliphatic rings. The first-order valence-corrected chi connectivity index (χ1v) is 12.8. The fourth-order valence-corrected chi connectivity index (χ4v) is 4.03. The van der Waals surface area contributed by atoms with Gasteiger partial charge in [0, 0.05) is 60.7 Å². The predicted molar refractivity (Wildman–Crippen MR) is 152 cm³/mol. The number of halogens is 3. The van der Waals surface area contributed by atoms with Gasteiger partial charge in [0.05, 0.1) is 11.3 Å². The summed E-state index contributed by atoms with van der Waals surface area (Å²) in [7, 11) is 5.60. The summed E-state index contributed by atoms with van der Waals surface area (Å²) >= 11 is 0. The van der Waals surface area contributed by atoms with Crippen molar-refractivity contribution >= 4 is 23.2 Å². The van der Waals surface area contributed by atoms with Gasteiger partial charge in [-0.2, -0.15) is 13.2 Å². The van der Waals surface area contributed by atoms with E-state index < -0.39 is 17.6 Å². The number of carbonyl (C=O) groups is 1. The third-order valence-electron chi connectivity index (χ3n) is 6.30. The number of aromatic nitrogens is 4. The van der Waals surface area contributed by atoms with Gasteiger partial charge >= 0.3 is 6.18 Å². The van der Waals surface area contributed by atoms with Gasteiger partial charge in [-0.15, -0.1) is 0 Å². The van der Waals surface area contributed by atoms with Crippen LogP contribution in [-0.4, -0.2) is 69.9 Å². The molecule has 0 atom stereocenters. The molecule has 0 fully saturated rings. The van der Waals surface area contributed by atoms with Crippen LogP contribution in [0.2, 0.25) is 0 Å². The van der Waals surface area contributed by atoms with Crippen molar-refractivity contribution in [2.75, 3.05) is 44.9 Å². The minimum atomic E-state index is -4.57. The fraction of sp³-hybridized carbons (Fsp3) is 0.276. The number of nitrogens with zero attached hydrogens (tertiary/aromatic N) is 6. The van der Waals surface area contributed by atoms with Crippen LogP contribution in [0.4, 0.5) is 30.5 Å². The highest BCUT2D eigenvalue weighted by Crippen LogP contribution is 2.34. The Morgan fingerprint density at radius 1 is 0.976 bits per heavy atom. The number of amides is 1. The highest BCUT2D eigenvalue weighted by atomic mass is 19.4. The number of hydrogen-bond acceptors (Lipinski definition) is 8. The lowest BCUT2D eigenvalue weighted by Gasteiger charge is -2.22. The Bertz CT molecular complexity index is 1500. The van der Waals surface area contributed by atoms with Gasteiger partial charge in [-0.3, -0.25) is 4.79 Å². The summed E-state index contributed by atoms with van der Waals surface area (Å²) in [5.74, 6) is -0.249. The number of carbonyl (C=O) groups excluding carboxylic acids is 1. The van der Waals surface area contributed by atoms with E-state index >= 15 is 0 Å². The molecule has 214 valence electrons. The lowest BCUT2D eigenvalue weighted by atomic mass is 10.0. The molecule has 41 heavy (non-hydrogen) atoms. The molecule has 0 radical (unpaired) electrons. The molecule has 9 nitrogen and oxygen atoms in total. The third kappa shape index (κ3) is 8.05. The SMILES string of the molecule is Cc1ccc(C(=O)Nc2ccc(CN(C)CCN(C)C)c(C(F)(F)F)c2)cc1Nc1nccc(-c2cncnc2)n1. The van der Waals surface area contributed by atoms with E-state index in [0.717, 1.165) is 18.2 Å². The molecule has 2 aromatic carbocycles. The van der Waals surface area contributed by atoms with Crippen LogP contribution in [0.1, 0.15) is 27.0 Å². The molecule has 0 spiro atoms. The molecule has 0 bridgehead atoms. The van der Waals surface area contributed by atoms with Gasteiger partial charge in [0.25, 0.3) is 5.91 Å². The summed E-state index contributed by atoms with van der Waals surface area (Å²) in [6, 6.07) is 10.5. The maximum Gasteiger partial charge on any atom is 0.416 e. The van der Waals surface area contributed by atoms with Gasteiger partial charge in [-0.25, -0.2) is 19.9 Å². The van der Waals surface area contributed by atoms with E-state index in [1.807, 2.05) is 30.8 Å². The normalized spacial score (nSPS) is 11.6. The largest absolute Gasteiger partial charge is 0.416 e. The lowest BCUT2D eigenvalue weighted by molar-refractivity contribution is -0.138. The number of rotatable bonds is 10. The third-order valence-corrected chi connectivity index (χ3v) is 6.30. The Kier molecular flexibility index (Phi) is 9.25. The first-order chi connectivity index (χ1) is 19.5. The van der Waals surface area contributed by atoms with E-state index in [2.05, 4.69) is 30.6 Å². The molecule has 12 heteroatoms. The second-order valence-corrected chi connectivity index (χ2v) is 9.91. The number of likely N-dealkylation sites (N-methyl/N-ethyl adjacent to an activating group) is 2. The summed E-state index contributed by atoms with van der Waals surface area (Å²) in [5.41, 5.74) is 2.40. The summed E-state index contributed by atoms with van der Waals surface area (Å²) in [6.45, 7) is 3.31. The zero-order chi connectivity index (χ0) is 29.6. The standard InChI is InChI=1S/C29H31F3N8O/c1-19-5-6-20(13-26(19)38-28-35-10-9-25(37-28)22-15-33-18-34-16-22)27(41)36-23-8-7-21(24(14-23)29(30,31)32)17-40(4)12-11-39(2)3/h5-10,13-16,18H,11-12,17H2,1-4H3,(H,36,41)(H,35,37,38). The topological polar surface area (TPSA) is 99.2 Å². The molecule has 0 saturated heterocycles. The van der Waals surface area contributed by atoms with Crippen LogP contribution in [0.25, 0.3) is 11.3 Å². The minimum absolute atomic E-state index is 0.0539. The summed E-state index contributed by atoms with van der Waals surface area (Å²) in [5, 5.41) is 5.71. The number of nitrogens with one attached hydrogen (secondary N) is 2. The predicted octanol–water partition coefficient (Wildman–Crippen LogP) is 5.25. The second kappa shape index (κ2) is 12.8. The molecule has 2 heterocycles. The van der Waals surface area contributed by atoms with Crippen LogP contribution < -0.4 is 10.6 Å². The molecule has 0 saturated carbocycles. The molecule has 4 rings (SSSR count). The van der Waals surface area contributed by atoms with Crippen molar-refractivity contribution in [3.63, 3.8) is 0 Å². The molecule has 2 aromatic heterocycles. The Morgan fingerprint density at radius 2 is 1.73 bits per heavy atom. The van der Waals surface area contributed by atoms with E-state index in [1.54, 1.807) is 49.9 Å². The Labute approximate surface area is 236 Å². The lowest BCUT2D eigenvalue weighted by Crippen LogP contribution is -2.29. The molecule has 2 N–H and O–H groups in total. The van der Waals surface area contributed by atoms with Gasteiger partial charge in [0.1, 0.15) is 6.33 Å². The van der Waals surface area contributed by atoms with E-state index in [0.29, 0.717) is 29.4 Å². The number of alkyl halides is 3. The monoisotopic (exact) mass is 564 g/mol. The van der Waals surface area contributed by atoms with Crippen LogP contribution in [0.5, 0.6) is 0 Å². The highest BCUT2D eigenvalue weighted by molar-refractivity contribution is 6.05. The molecular weight excluding hydrogens is 533 g/mol. The average molecular weight is 565 g/mol. The van der Waals surface area contributed by atoms with Crippen molar-refractivity contribution in [1.82, 2.24) is 29.7 Å². The molecular formula is C29H31F3N8O. The molecule has 0 unspecified atom stereocenters. The second-order valence-electron chi connectivity index (χ2n) is 9.91. The van der Waals surface area contributed by atoms with Gasteiger partial charge in [-0.1, -0.05) is 12.1 Å². The zero-order valence-electron chi connectivity index (χ0n) is 23.2. The van der Waals surface area contributed by atoms with Crippen molar-refractivity contribution in [3.05, 3.63) is 89.6 Å². The number of aryl methyl sites for hydroxylation is 1. The minimum Gasteiger partial charge on any atom is -0.324 e. The molecule has 0 aliphatic carbocycles. The highest BCUT2D eigenvalue weighted by Gasteiger charge is 2.34. The number of anilines is 3. The van der Waals surface area contributed by atoms with Crippen molar-refractivity contribution in [2.24, 2.45) is 0 Å². The molecule has 1 amide bonds. The van der Waals surface area contributed by atoms with Gasteiger partial charge < -0.3 is 20.4 Å². The van der Waals surface area contributed by atoms with E-state index in [4.69, 9.17) is 0 Å². The van der Waals surface area contributed by atoms with Crippen LogP contribution in [0.3, 0.4) is 0 Å². The van der Waals surface area contributed by atoms with E-state index in [1.165, 1.54) is 18.5 Å². The maximum atomic E-state index is 13.9. The van der Waals surface area contributed by atoms with Gasteiger partial charge in [0.2, 0.25) is 5.95 Å². The summed E-state index contributed by atoms with van der Waals surface area (Å²) in [4.78, 5) is 33.6. The maximum absolute atomic E-state index is 13.9. The number of benzene rings is 2. The van der Waals surface area contributed by atoms with Crippen molar-refractivity contribution in [3.8, 4) is 11.3 Å². The van der Waals surface area contributed by atoms with Gasteiger partial charge in [0.15, 0.2) is 0 Å². The molecule has 0 aliphatic heterocycles. The van der Waals surface area contributed by atoms with Crippen LogP contribution in [0.15, 0.2) is 67.4 Å². The smallest absolute Gasteiger partial charge is 0.324 e. The summed E-state index contributed by atoms with van der Waals surface area (Å²) in [6.07, 6.45) is 1.71. The van der Waals surface area contributed by atoms with Gasteiger partial charge in [-0.05, 0) is 69.5 Å². The number of hydrogen-bond donors (Lipinski definition) is 2. The first kappa shape index (κ1) is 29.6. The first-order valence-electron chi connectivity index (χ1n) is 12.8. The van der Waals surface area contributed by atoms with Crippen molar-refractivity contribution in [2.45, 2.75) is 19.6 Å². The van der Waals surface area contributed by atoms with Crippen molar-refractivity contribution in [1.29, 1.82) is 0 Å².